The zero-order chi connectivity index (χ0) is 22.7. The molecule has 0 bridgehead atoms. The molecule has 4 rings (SSSR count). The van der Waals surface area contributed by atoms with E-state index in [0.29, 0.717) is 36.0 Å². The molecule has 1 heterocycles. The fraction of sp³-hybridized carbons (Fsp3) is 0.0952. The highest BCUT2D eigenvalue weighted by Gasteiger charge is 2.22. The van der Waals surface area contributed by atoms with Crippen molar-refractivity contribution < 1.29 is 22.8 Å². The molecule has 0 fully saturated rings. The molecule has 3 aromatic rings. The van der Waals surface area contributed by atoms with Crippen LogP contribution >= 0.6 is 11.6 Å². The molecule has 1 N–H and O–H groups in total. The van der Waals surface area contributed by atoms with Gasteiger partial charge in [-0.05, 0) is 24.3 Å². The van der Waals surface area contributed by atoms with E-state index in [2.05, 4.69) is 9.71 Å². The molecule has 0 spiro atoms. The van der Waals surface area contributed by atoms with Crippen LogP contribution in [0.15, 0.2) is 76.0 Å². The minimum absolute atomic E-state index is 0.0277. The number of hydrogen-bond donors (Lipinski definition) is 1. The summed E-state index contributed by atoms with van der Waals surface area (Å²) in [5.41, 5.74) is 0.493. The lowest BCUT2D eigenvalue weighted by atomic mass is 10.2. The van der Waals surface area contributed by atoms with Crippen LogP contribution < -0.4 is 14.8 Å². The van der Waals surface area contributed by atoms with E-state index in [0.717, 1.165) is 12.1 Å². The standard InChI is InChI=1S/C21H16ClN3O6S/c22-17-8-7-16(13-18(17)25(26)27)32(28,29)24-21(14-4-2-1-3-5-14)23-15-6-9-19-20(12-15)31-11-10-30-19/h1-9,12-13H,10-11H2,(H,23,24). The minimum Gasteiger partial charge on any atom is -0.486 e. The second-order valence-electron chi connectivity index (χ2n) is 6.63. The molecular weight excluding hydrogens is 458 g/mol. The average molecular weight is 474 g/mol. The minimum atomic E-state index is -4.31. The first-order valence-corrected chi connectivity index (χ1v) is 11.2. The van der Waals surface area contributed by atoms with Crippen molar-refractivity contribution >= 4 is 38.8 Å². The van der Waals surface area contributed by atoms with Crippen LogP contribution in [0.25, 0.3) is 0 Å². The highest BCUT2D eigenvalue weighted by molar-refractivity contribution is 7.90. The monoisotopic (exact) mass is 473 g/mol. The third-order valence-corrected chi connectivity index (χ3v) is 6.07. The lowest BCUT2D eigenvalue weighted by Crippen LogP contribution is -2.18. The first kappa shape index (κ1) is 21.6. The lowest BCUT2D eigenvalue weighted by molar-refractivity contribution is -0.384. The van der Waals surface area contributed by atoms with Crippen molar-refractivity contribution in [3.8, 4) is 11.5 Å². The number of nitrogens with zero attached hydrogens (tertiary/aromatic N) is 2. The Hall–Kier alpha value is -3.63. The van der Waals surface area contributed by atoms with Gasteiger partial charge in [-0.2, -0.15) is 8.42 Å². The van der Waals surface area contributed by atoms with Crippen molar-refractivity contribution in [2.24, 2.45) is 4.40 Å². The SMILES string of the molecule is O=[N+]([O-])c1cc(S(=O)(=O)/N=C(\Nc2ccc3c(c2)OCCO3)c2ccccc2)ccc1Cl. The molecule has 0 atom stereocenters. The van der Waals surface area contributed by atoms with Gasteiger partial charge in [-0.1, -0.05) is 41.9 Å². The van der Waals surface area contributed by atoms with Crippen LogP contribution in [-0.4, -0.2) is 32.4 Å². The Kier molecular flexibility index (Phi) is 5.97. The molecule has 0 aliphatic carbocycles. The van der Waals surface area contributed by atoms with E-state index in [9.17, 15) is 18.5 Å². The summed E-state index contributed by atoms with van der Waals surface area (Å²) in [5.74, 6) is 1.13. The predicted octanol–water partition coefficient (Wildman–Crippen LogP) is 4.27. The van der Waals surface area contributed by atoms with Gasteiger partial charge in [0.25, 0.3) is 15.7 Å². The van der Waals surface area contributed by atoms with Crippen LogP contribution in [0.1, 0.15) is 5.56 Å². The molecule has 0 unspecified atom stereocenters. The number of anilines is 1. The Morgan fingerprint density at radius 1 is 1.00 bits per heavy atom. The maximum absolute atomic E-state index is 13.0. The van der Waals surface area contributed by atoms with E-state index in [1.165, 1.54) is 6.07 Å². The van der Waals surface area contributed by atoms with Crippen molar-refractivity contribution in [2.75, 3.05) is 18.5 Å². The number of sulfonamides is 1. The number of hydrogen-bond acceptors (Lipinski definition) is 6. The number of benzene rings is 3. The van der Waals surface area contributed by atoms with Crippen molar-refractivity contribution in [1.82, 2.24) is 0 Å². The van der Waals surface area contributed by atoms with Crippen LogP contribution in [0, 0.1) is 10.1 Å². The molecule has 32 heavy (non-hydrogen) atoms. The van der Waals surface area contributed by atoms with Crippen LogP contribution in [0.4, 0.5) is 11.4 Å². The first-order valence-electron chi connectivity index (χ1n) is 9.34. The zero-order valence-corrected chi connectivity index (χ0v) is 18.0. The molecule has 3 aromatic carbocycles. The smallest absolute Gasteiger partial charge is 0.289 e. The summed E-state index contributed by atoms with van der Waals surface area (Å²) in [6.45, 7) is 0.849. The summed E-state index contributed by atoms with van der Waals surface area (Å²) in [4.78, 5) is 10.1. The molecular formula is C21H16ClN3O6S. The van der Waals surface area contributed by atoms with Gasteiger partial charge < -0.3 is 14.8 Å². The maximum atomic E-state index is 13.0. The van der Waals surface area contributed by atoms with Crippen LogP contribution in [0.2, 0.25) is 5.02 Å². The number of halogens is 1. The quantitative estimate of drug-likeness (QED) is 0.254. The largest absolute Gasteiger partial charge is 0.486 e. The Labute approximate surface area is 188 Å². The fourth-order valence-electron chi connectivity index (χ4n) is 2.97. The molecule has 0 amide bonds. The van der Waals surface area contributed by atoms with E-state index in [4.69, 9.17) is 21.1 Å². The molecule has 0 saturated heterocycles. The van der Waals surface area contributed by atoms with Gasteiger partial charge in [-0.25, -0.2) is 0 Å². The number of fused-ring (bicyclic) bond motifs is 1. The second-order valence-corrected chi connectivity index (χ2v) is 8.65. The molecule has 0 radical (unpaired) electrons. The summed E-state index contributed by atoms with van der Waals surface area (Å²) < 4.78 is 41.0. The van der Waals surface area contributed by atoms with Crippen LogP contribution in [0.5, 0.6) is 11.5 Å². The lowest BCUT2D eigenvalue weighted by Gasteiger charge is -2.19. The number of nitro groups is 1. The summed E-state index contributed by atoms with van der Waals surface area (Å²) in [5, 5.41) is 14.0. The number of ether oxygens (including phenoxy) is 2. The second kappa shape index (κ2) is 8.85. The average Bonchev–Trinajstić information content (AvgIpc) is 2.79. The van der Waals surface area contributed by atoms with Gasteiger partial charge in [-0.3, -0.25) is 10.1 Å². The van der Waals surface area contributed by atoms with Crippen LogP contribution in [-0.2, 0) is 10.0 Å². The van der Waals surface area contributed by atoms with Gasteiger partial charge in [0, 0.05) is 23.4 Å². The summed E-state index contributed by atoms with van der Waals surface area (Å²) in [6, 6.07) is 16.9. The molecule has 164 valence electrons. The molecule has 0 aromatic heterocycles. The number of amidine groups is 1. The van der Waals surface area contributed by atoms with E-state index in [-0.39, 0.29) is 15.8 Å². The zero-order valence-electron chi connectivity index (χ0n) is 16.4. The first-order chi connectivity index (χ1) is 15.3. The van der Waals surface area contributed by atoms with E-state index >= 15 is 0 Å². The van der Waals surface area contributed by atoms with Gasteiger partial charge in [0.1, 0.15) is 18.2 Å². The number of nitrogens with one attached hydrogen (secondary N) is 1. The Morgan fingerprint density at radius 3 is 2.44 bits per heavy atom. The molecule has 1 aliphatic rings. The Balaban J connectivity index is 1.75. The van der Waals surface area contributed by atoms with Gasteiger partial charge in [0.05, 0.1) is 9.82 Å². The van der Waals surface area contributed by atoms with Gasteiger partial charge >= 0.3 is 0 Å². The van der Waals surface area contributed by atoms with E-state index in [1.807, 2.05) is 0 Å². The van der Waals surface area contributed by atoms with E-state index in [1.54, 1.807) is 48.5 Å². The van der Waals surface area contributed by atoms with Gasteiger partial charge in [0.2, 0.25) is 0 Å². The predicted molar refractivity (Wildman–Crippen MR) is 119 cm³/mol. The molecule has 1 aliphatic heterocycles. The van der Waals surface area contributed by atoms with Gasteiger partial charge in [0.15, 0.2) is 17.3 Å². The van der Waals surface area contributed by atoms with E-state index < -0.39 is 20.6 Å². The fourth-order valence-corrected chi connectivity index (χ4v) is 4.15. The number of rotatable bonds is 5. The highest BCUT2D eigenvalue weighted by atomic mass is 35.5. The van der Waals surface area contributed by atoms with Gasteiger partial charge in [-0.15, -0.1) is 4.40 Å². The highest BCUT2D eigenvalue weighted by Crippen LogP contribution is 2.33. The maximum Gasteiger partial charge on any atom is 0.289 e. The van der Waals surface area contributed by atoms with Crippen LogP contribution in [0.3, 0.4) is 0 Å². The van der Waals surface area contributed by atoms with Crippen molar-refractivity contribution in [3.63, 3.8) is 0 Å². The topological polar surface area (TPSA) is 120 Å². The Bertz CT molecular complexity index is 1310. The summed E-state index contributed by atoms with van der Waals surface area (Å²) in [7, 11) is -4.31. The number of nitro benzene ring substituents is 1. The molecule has 0 saturated carbocycles. The molecule has 9 nitrogen and oxygen atoms in total. The summed E-state index contributed by atoms with van der Waals surface area (Å²) >= 11 is 5.80. The van der Waals surface area contributed by atoms with Crippen molar-refractivity contribution in [2.45, 2.75) is 4.90 Å². The normalized spacial score (nSPS) is 13.5. The summed E-state index contributed by atoms with van der Waals surface area (Å²) in [6.07, 6.45) is 0. The molecule has 11 heteroatoms. The third kappa shape index (κ3) is 4.66. The third-order valence-electron chi connectivity index (χ3n) is 4.48. The Morgan fingerprint density at radius 2 is 1.72 bits per heavy atom. The van der Waals surface area contributed by atoms with Crippen molar-refractivity contribution in [1.29, 1.82) is 0 Å². The van der Waals surface area contributed by atoms with Crippen molar-refractivity contribution in [3.05, 3.63) is 87.4 Å².